The molecule has 3 nitrogen and oxygen atoms in total. The Labute approximate surface area is 108 Å². The minimum absolute atomic E-state index is 0.0474. The first-order valence-corrected chi connectivity index (χ1v) is 6.09. The minimum Gasteiger partial charge on any atom is -0.481 e. The van der Waals surface area contributed by atoms with Crippen molar-refractivity contribution in [2.24, 2.45) is 5.73 Å². The maximum atomic E-state index is 6.20. The standard InChI is InChI=1S/C15H18N2O/c1-18-15-13(8-5-11-17-15)14(16)10-9-12-6-3-2-4-7-12/h2-8,11,14H,9-10,16H2,1H3. The van der Waals surface area contributed by atoms with Gasteiger partial charge in [-0.25, -0.2) is 4.98 Å². The van der Waals surface area contributed by atoms with Crippen LogP contribution in [0, 0.1) is 0 Å². The zero-order valence-corrected chi connectivity index (χ0v) is 10.5. The number of hydrogen-bond acceptors (Lipinski definition) is 3. The summed E-state index contributed by atoms with van der Waals surface area (Å²) < 4.78 is 5.23. The highest BCUT2D eigenvalue weighted by atomic mass is 16.5. The monoisotopic (exact) mass is 242 g/mol. The Balaban J connectivity index is 2.01. The lowest BCUT2D eigenvalue weighted by Crippen LogP contribution is -2.13. The molecule has 0 bridgehead atoms. The van der Waals surface area contributed by atoms with Gasteiger partial charge in [0.05, 0.1) is 7.11 Å². The van der Waals surface area contributed by atoms with Crippen molar-refractivity contribution >= 4 is 0 Å². The van der Waals surface area contributed by atoms with Gasteiger partial charge in [0.2, 0.25) is 5.88 Å². The molecule has 2 aromatic rings. The molecule has 3 heteroatoms. The summed E-state index contributed by atoms with van der Waals surface area (Å²) in [6.45, 7) is 0. The fourth-order valence-corrected chi connectivity index (χ4v) is 1.98. The molecule has 1 aromatic carbocycles. The molecule has 2 rings (SSSR count). The van der Waals surface area contributed by atoms with Gasteiger partial charge in [-0.1, -0.05) is 36.4 Å². The summed E-state index contributed by atoms with van der Waals surface area (Å²) in [6, 6.07) is 14.2. The predicted molar refractivity (Wildman–Crippen MR) is 72.5 cm³/mol. The number of pyridine rings is 1. The zero-order chi connectivity index (χ0) is 12.8. The summed E-state index contributed by atoms with van der Waals surface area (Å²) in [5.74, 6) is 0.623. The lowest BCUT2D eigenvalue weighted by molar-refractivity contribution is 0.387. The van der Waals surface area contributed by atoms with Crippen molar-refractivity contribution in [3.05, 3.63) is 59.8 Å². The Hall–Kier alpha value is -1.87. The summed E-state index contributed by atoms with van der Waals surface area (Å²) in [5.41, 5.74) is 8.47. The Kier molecular flexibility index (Phi) is 4.31. The third kappa shape index (κ3) is 3.08. The molecule has 0 aliphatic carbocycles. The van der Waals surface area contributed by atoms with Crippen molar-refractivity contribution in [1.29, 1.82) is 0 Å². The molecular weight excluding hydrogens is 224 g/mol. The molecule has 1 atom stereocenters. The number of ether oxygens (including phenoxy) is 1. The highest BCUT2D eigenvalue weighted by Gasteiger charge is 2.12. The SMILES string of the molecule is COc1ncccc1C(N)CCc1ccccc1. The Morgan fingerprint density at radius 2 is 1.94 bits per heavy atom. The maximum absolute atomic E-state index is 6.20. The molecule has 0 amide bonds. The summed E-state index contributed by atoms with van der Waals surface area (Å²) in [6.07, 6.45) is 3.55. The average molecular weight is 242 g/mol. The normalized spacial score (nSPS) is 12.1. The molecule has 1 aromatic heterocycles. The Morgan fingerprint density at radius 3 is 2.67 bits per heavy atom. The molecule has 0 fully saturated rings. The number of hydrogen-bond donors (Lipinski definition) is 1. The summed E-state index contributed by atoms with van der Waals surface area (Å²) in [4.78, 5) is 4.17. The van der Waals surface area contributed by atoms with Crippen LogP contribution in [0.15, 0.2) is 48.7 Å². The summed E-state index contributed by atoms with van der Waals surface area (Å²) in [7, 11) is 1.62. The van der Waals surface area contributed by atoms with Crippen LogP contribution in [0.2, 0.25) is 0 Å². The van der Waals surface area contributed by atoms with E-state index < -0.39 is 0 Å². The second-order valence-corrected chi connectivity index (χ2v) is 4.23. The average Bonchev–Trinajstić information content (AvgIpc) is 2.45. The van der Waals surface area contributed by atoms with Gasteiger partial charge in [0.1, 0.15) is 0 Å². The lowest BCUT2D eigenvalue weighted by Gasteiger charge is -2.14. The van der Waals surface area contributed by atoms with Crippen molar-refractivity contribution in [3.63, 3.8) is 0 Å². The van der Waals surface area contributed by atoms with Crippen LogP contribution in [0.5, 0.6) is 5.88 Å². The maximum Gasteiger partial charge on any atom is 0.217 e. The second kappa shape index (κ2) is 6.17. The zero-order valence-electron chi connectivity index (χ0n) is 10.5. The molecule has 94 valence electrons. The van der Waals surface area contributed by atoms with E-state index >= 15 is 0 Å². The number of nitrogens with zero attached hydrogens (tertiary/aromatic N) is 1. The molecule has 0 aliphatic rings. The van der Waals surface area contributed by atoms with Crippen molar-refractivity contribution in [2.75, 3.05) is 7.11 Å². The van der Waals surface area contributed by atoms with Crippen LogP contribution in [0.25, 0.3) is 0 Å². The van der Waals surface area contributed by atoms with Crippen molar-refractivity contribution in [2.45, 2.75) is 18.9 Å². The van der Waals surface area contributed by atoms with Gasteiger partial charge in [0.25, 0.3) is 0 Å². The van der Waals surface area contributed by atoms with E-state index in [1.54, 1.807) is 13.3 Å². The van der Waals surface area contributed by atoms with E-state index in [4.69, 9.17) is 10.5 Å². The molecule has 1 heterocycles. The molecule has 0 saturated heterocycles. The van der Waals surface area contributed by atoms with Crippen LogP contribution in [0.4, 0.5) is 0 Å². The van der Waals surface area contributed by atoms with E-state index in [1.165, 1.54) is 5.56 Å². The van der Waals surface area contributed by atoms with Gasteiger partial charge in [-0.2, -0.15) is 0 Å². The molecule has 0 aliphatic heterocycles. The van der Waals surface area contributed by atoms with Crippen LogP contribution in [0.3, 0.4) is 0 Å². The fourth-order valence-electron chi connectivity index (χ4n) is 1.98. The molecule has 0 radical (unpaired) electrons. The van der Waals surface area contributed by atoms with Gasteiger partial charge in [-0.05, 0) is 24.5 Å². The van der Waals surface area contributed by atoms with E-state index in [0.717, 1.165) is 18.4 Å². The third-order valence-electron chi connectivity index (χ3n) is 2.98. The van der Waals surface area contributed by atoms with E-state index in [9.17, 15) is 0 Å². The Bertz CT molecular complexity index is 485. The van der Waals surface area contributed by atoms with Gasteiger partial charge in [0.15, 0.2) is 0 Å². The predicted octanol–water partition coefficient (Wildman–Crippen LogP) is 2.72. The smallest absolute Gasteiger partial charge is 0.217 e. The number of nitrogens with two attached hydrogens (primary N) is 1. The van der Waals surface area contributed by atoms with Gasteiger partial charge in [-0.15, -0.1) is 0 Å². The molecule has 2 N–H and O–H groups in total. The number of aryl methyl sites for hydroxylation is 1. The minimum atomic E-state index is -0.0474. The molecular formula is C15H18N2O. The fraction of sp³-hybridized carbons (Fsp3) is 0.267. The van der Waals surface area contributed by atoms with Crippen molar-refractivity contribution in [3.8, 4) is 5.88 Å². The van der Waals surface area contributed by atoms with Gasteiger partial charge in [0, 0.05) is 17.8 Å². The van der Waals surface area contributed by atoms with Crippen LogP contribution < -0.4 is 10.5 Å². The van der Waals surface area contributed by atoms with Gasteiger partial charge < -0.3 is 10.5 Å². The van der Waals surface area contributed by atoms with E-state index in [1.807, 2.05) is 30.3 Å². The number of benzene rings is 1. The molecule has 0 spiro atoms. The molecule has 1 unspecified atom stereocenters. The highest BCUT2D eigenvalue weighted by Crippen LogP contribution is 2.23. The van der Waals surface area contributed by atoms with Crippen LogP contribution in [0.1, 0.15) is 23.6 Å². The first kappa shape index (κ1) is 12.6. The molecule has 0 saturated carbocycles. The van der Waals surface area contributed by atoms with Crippen LogP contribution >= 0.6 is 0 Å². The largest absolute Gasteiger partial charge is 0.481 e. The van der Waals surface area contributed by atoms with Crippen LogP contribution in [-0.2, 0) is 6.42 Å². The number of rotatable bonds is 5. The van der Waals surface area contributed by atoms with E-state index in [-0.39, 0.29) is 6.04 Å². The first-order chi connectivity index (χ1) is 8.81. The van der Waals surface area contributed by atoms with E-state index in [2.05, 4.69) is 17.1 Å². The van der Waals surface area contributed by atoms with Crippen LogP contribution in [-0.4, -0.2) is 12.1 Å². The van der Waals surface area contributed by atoms with E-state index in [0.29, 0.717) is 5.88 Å². The second-order valence-electron chi connectivity index (χ2n) is 4.23. The van der Waals surface area contributed by atoms with Gasteiger partial charge >= 0.3 is 0 Å². The molecule has 18 heavy (non-hydrogen) atoms. The number of aromatic nitrogens is 1. The first-order valence-electron chi connectivity index (χ1n) is 6.09. The third-order valence-corrected chi connectivity index (χ3v) is 2.98. The summed E-state index contributed by atoms with van der Waals surface area (Å²) >= 11 is 0. The van der Waals surface area contributed by atoms with Crippen molar-refractivity contribution < 1.29 is 4.74 Å². The highest BCUT2D eigenvalue weighted by molar-refractivity contribution is 5.29. The van der Waals surface area contributed by atoms with Gasteiger partial charge in [-0.3, -0.25) is 0 Å². The summed E-state index contributed by atoms with van der Waals surface area (Å²) in [5, 5.41) is 0. The lowest BCUT2D eigenvalue weighted by atomic mass is 10.0. The number of methoxy groups -OCH3 is 1. The quantitative estimate of drug-likeness (QED) is 0.877. The Morgan fingerprint density at radius 1 is 1.17 bits per heavy atom. The van der Waals surface area contributed by atoms with Crippen molar-refractivity contribution in [1.82, 2.24) is 4.98 Å². The topological polar surface area (TPSA) is 48.1 Å².